The molecule has 1 fully saturated rings. The molecule has 1 heterocycles. The van der Waals surface area contributed by atoms with Gasteiger partial charge in [0.15, 0.2) is 5.96 Å². The molecule has 1 aliphatic heterocycles. The van der Waals surface area contributed by atoms with Crippen molar-refractivity contribution in [3.8, 4) is 11.5 Å². The summed E-state index contributed by atoms with van der Waals surface area (Å²) < 4.78 is 11.2. The highest BCUT2D eigenvalue weighted by atomic mass is 16.5. The summed E-state index contributed by atoms with van der Waals surface area (Å²) in [6.07, 6.45) is 1.85. The van der Waals surface area contributed by atoms with Gasteiger partial charge >= 0.3 is 0 Å². The Kier molecular flexibility index (Phi) is 4.23. The van der Waals surface area contributed by atoms with Crippen molar-refractivity contribution in [2.75, 3.05) is 13.7 Å². The molecule has 1 aliphatic carbocycles. The summed E-state index contributed by atoms with van der Waals surface area (Å²) in [4.78, 5) is 4.73. The minimum absolute atomic E-state index is 0.0142. The highest BCUT2D eigenvalue weighted by Gasteiger charge is 2.53. The number of nitrogens with two attached hydrogens (primary N) is 1. The van der Waals surface area contributed by atoms with E-state index >= 15 is 0 Å². The number of guanidine groups is 1. The van der Waals surface area contributed by atoms with Gasteiger partial charge < -0.3 is 20.5 Å². The van der Waals surface area contributed by atoms with E-state index in [4.69, 9.17) is 20.2 Å². The fourth-order valence-corrected chi connectivity index (χ4v) is 3.83. The van der Waals surface area contributed by atoms with Crippen molar-refractivity contribution >= 4 is 5.96 Å². The predicted octanol–water partition coefficient (Wildman–Crippen LogP) is 3.15. The molecule has 0 amide bonds. The largest absolute Gasteiger partial charge is 0.496 e. The molecule has 3 unspecified atom stereocenters. The fraction of sp³-hybridized carbons (Fsp3) is 0.381. The van der Waals surface area contributed by atoms with Crippen LogP contribution in [-0.2, 0) is 5.41 Å². The minimum Gasteiger partial charge on any atom is -0.496 e. The van der Waals surface area contributed by atoms with E-state index in [2.05, 4.69) is 30.4 Å². The Morgan fingerprint density at radius 2 is 2.00 bits per heavy atom. The number of fused-ring (bicyclic) bond motifs is 1. The van der Waals surface area contributed by atoms with Gasteiger partial charge in [0.1, 0.15) is 11.5 Å². The van der Waals surface area contributed by atoms with Crippen molar-refractivity contribution < 1.29 is 9.47 Å². The zero-order chi connectivity index (χ0) is 18.1. The molecule has 0 bridgehead atoms. The van der Waals surface area contributed by atoms with Crippen molar-refractivity contribution in [3.05, 3.63) is 59.7 Å². The molecule has 0 spiro atoms. The molecule has 0 saturated heterocycles. The first kappa shape index (κ1) is 16.8. The van der Waals surface area contributed by atoms with E-state index in [-0.39, 0.29) is 17.5 Å². The normalized spacial score (nSPS) is 27.2. The molecular formula is C21H25N3O2. The molecule has 2 aromatic rings. The number of benzene rings is 2. The van der Waals surface area contributed by atoms with E-state index in [0.29, 0.717) is 12.6 Å². The Morgan fingerprint density at radius 3 is 2.85 bits per heavy atom. The number of hydrogen-bond acceptors (Lipinski definition) is 3. The van der Waals surface area contributed by atoms with Gasteiger partial charge in [0, 0.05) is 29.0 Å². The zero-order valence-electron chi connectivity index (χ0n) is 15.2. The zero-order valence-corrected chi connectivity index (χ0v) is 15.2. The molecule has 136 valence electrons. The second-order valence-corrected chi connectivity index (χ2v) is 7.22. The lowest BCUT2D eigenvalue weighted by Crippen LogP contribution is -2.37. The Labute approximate surface area is 154 Å². The van der Waals surface area contributed by atoms with Gasteiger partial charge in [0.2, 0.25) is 0 Å². The van der Waals surface area contributed by atoms with Crippen LogP contribution >= 0.6 is 0 Å². The van der Waals surface area contributed by atoms with Crippen LogP contribution in [0, 0.1) is 0 Å². The van der Waals surface area contributed by atoms with Crippen LogP contribution in [0.1, 0.15) is 36.9 Å². The second-order valence-electron chi connectivity index (χ2n) is 7.22. The first-order valence-electron chi connectivity index (χ1n) is 9.07. The number of hydrogen-bond donors (Lipinski definition) is 2. The third-order valence-corrected chi connectivity index (χ3v) is 5.50. The van der Waals surface area contributed by atoms with Crippen molar-refractivity contribution in [1.29, 1.82) is 0 Å². The highest BCUT2D eigenvalue weighted by molar-refractivity contribution is 5.79. The van der Waals surface area contributed by atoms with E-state index < -0.39 is 0 Å². The van der Waals surface area contributed by atoms with Crippen LogP contribution in [0.15, 0.2) is 53.5 Å². The molecule has 2 aromatic carbocycles. The smallest absolute Gasteiger partial charge is 0.189 e. The van der Waals surface area contributed by atoms with Crippen molar-refractivity contribution in [1.82, 2.24) is 5.32 Å². The maximum Gasteiger partial charge on any atom is 0.189 e. The van der Waals surface area contributed by atoms with Gasteiger partial charge in [-0.1, -0.05) is 43.3 Å². The van der Waals surface area contributed by atoms with Gasteiger partial charge in [0.25, 0.3) is 0 Å². The van der Waals surface area contributed by atoms with Crippen molar-refractivity contribution in [2.24, 2.45) is 10.7 Å². The Hall–Kier alpha value is -2.69. The molecule has 5 nitrogen and oxygen atoms in total. The summed E-state index contributed by atoms with van der Waals surface area (Å²) in [5.74, 6) is 2.33. The van der Waals surface area contributed by atoms with Gasteiger partial charge in [-0.3, -0.25) is 0 Å². The summed E-state index contributed by atoms with van der Waals surface area (Å²) in [6.45, 7) is 2.90. The molecule has 3 atom stereocenters. The van der Waals surface area contributed by atoms with Crippen molar-refractivity contribution in [3.63, 3.8) is 0 Å². The van der Waals surface area contributed by atoms with Crippen LogP contribution in [0.2, 0.25) is 0 Å². The van der Waals surface area contributed by atoms with E-state index in [9.17, 15) is 0 Å². The number of ether oxygens (including phenoxy) is 2. The maximum atomic E-state index is 6.24. The van der Waals surface area contributed by atoms with Crippen LogP contribution in [-0.4, -0.2) is 25.7 Å². The second kappa shape index (κ2) is 6.56. The van der Waals surface area contributed by atoms with Crippen LogP contribution < -0.4 is 20.5 Å². The molecule has 0 aromatic heterocycles. The van der Waals surface area contributed by atoms with Crippen molar-refractivity contribution in [2.45, 2.75) is 37.3 Å². The lowest BCUT2D eigenvalue weighted by molar-refractivity contribution is 0.269. The molecule has 26 heavy (non-hydrogen) atoms. The molecular weight excluding hydrogens is 326 g/mol. The summed E-state index contributed by atoms with van der Waals surface area (Å²) in [6, 6.07) is 16.5. The van der Waals surface area contributed by atoms with Gasteiger partial charge in [0.05, 0.1) is 19.8 Å². The lowest BCUT2D eigenvalue weighted by atomic mass is 9.96. The van der Waals surface area contributed by atoms with E-state index in [0.717, 1.165) is 29.9 Å². The van der Waals surface area contributed by atoms with E-state index in [1.807, 2.05) is 30.3 Å². The minimum atomic E-state index is 0.0142. The third kappa shape index (κ3) is 2.98. The standard InChI is InChI=1S/C21H25N3O2/c1-21(15-8-4-6-10-18(15)25-2)13-19(21)24-20(22)23-16-11-12-26-17-9-5-3-7-14(16)17/h3-10,16,19H,11-13H2,1-2H3,(H3,22,23,24). The lowest BCUT2D eigenvalue weighted by Gasteiger charge is -2.23. The van der Waals surface area contributed by atoms with E-state index in [1.54, 1.807) is 7.11 Å². The highest BCUT2D eigenvalue weighted by Crippen LogP contribution is 2.51. The van der Waals surface area contributed by atoms with Crippen LogP contribution in [0.4, 0.5) is 0 Å². The summed E-state index contributed by atoms with van der Waals surface area (Å²) in [7, 11) is 1.71. The van der Waals surface area contributed by atoms with Crippen LogP contribution in [0.25, 0.3) is 0 Å². The Bertz CT molecular complexity index is 836. The Balaban J connectivity index is 1.48. The first-order valence-corrected chi connectivity index (χ1v) is 9.07. The maximum absolute atomic E-state index is 6.24. The SMILES string of the molecule is COc1ccccc1C1(C)CC1NC(N)=NC1CCOc2ccccc21. The fourth-order valence-electron chi connectivity index (χ4n) is 3.83. The number of aliphatic imine (C=N–C) groups is 1. The van der Waals surface area contributed by atoms with Crippen LogP contribution in [0.5, 0.6) is 11.5 Å². The number of nitrogens with zero attached hydrogens (tertiary/aromatic N) is 1. The van der Waals surface area contributed by atoms with Crippen LogP contribution in [0.3, 0.4) is 0 Å². The molecule has 4 rings (SSSR count). The summed E-state index contributed by atoms with van der Waals surface area (Å²) >= 11 is 0. The molecule has 3 N–H and O–H groups in total. The number of rotatable bonds is 4. The summed E-state index contributed by atoms with van der Waals surface area (Å²) in [5, 5.41) is 3.40. The number of methoxy groups -OCH3 is 1. The molecule has 2 aliphatic rings. The number of nitrogens with one attached hydrogen (secondary N) is 1. The van der Waals surface area contributed by atoms with E-state index in [1.165, 1.54) is 5.56 Å². The quantitative estimate of drug-likeness (QED) is 0.656. The first-order chi connectivity index (χ1) is 12.6. The molecule has 5 heteroatoms. The number of para-hydroxylation sites is 2. The average Bonchev–Trinajstić information content (AvgIpc) is 3.32. The average molecular weight is 351 g/mol. The van der Waals surface area contributed by atoms with Gasteiger partial charge in [-0.15, -0.1) is 0 Å². The van der Waals surface area contributed by atoms with Gasteiger partial charge in [-0.05, 0) is 18.6 Å². The monoisotopic (exact) mass is 351 g/mol. The molecule has 0 radical (unpaired) electrons. The van der Waals surface area contributed by atoms with Gasteiger partial charge in [-0.25, -0.2) is 4.99 Å². The topological polar surface area (TPSA) is 68.9 Å². The summed E-state index contributed by atoms with van der Waals surface area (Å²) in [5.41, 5.74) is 8.57. The van der Waals surface area contributed by atoms with Gasteiger partial charge in [-0.2, -0.15) is 0 Å². The predicted molar refractivity (Wildman–Crippen MR) is 103 cm³/mol. The Morgan fingerprint density at radius 1 is 1.23 bits per heavy atom. The third-order valence-electron chi connectivity index (χ3n) is 5.50. The molecule has 1 saturated carbocycles.